The number of imidazole rings is 1. The van der Waals surface area contributed by atoms with Crippen LogP contribution in [0.25, 0.3) is 0 Å². The van der Waals surface area contributed by atoms with Crippen molar-refractivity contribution in [2.75, 3.05) is 19.6 Å². The minimum absolute atomic E-state index is 0.0924. The second-order valence-corrected chi connectivity index (χ2v) is 6.79. The molecule has 0 spiro atoms. The maximum absolute atomic E-state index is 12.7. The predicted molar refractivity (Wildman–Crippen MR) is 73.4 cm³/mol. The molecule has 0 aromatic carbocycles. The van der Waals surface area contributed by atoms with E-state index in [2.05, 4.69) is 15.3 Å². The summed E-state index contributed by atoms with van der Waals surface area (Å²) in [5.41, 5.74) is 0. The number of nitrogens with zero attached hydrogens (tertiary/aromatic N) is 2. The van der Waals surface area contributed by atoms with Crippen LogP contribution in [-0.2, 0) is 10.0 Å². The zero-order valence-electron chi connectivity index (χ0n) is 11.5. The molecule has 0 aliphatic carbocycles. The second-order valence-electron chi connectivity index (χ2n) is 4.93. The highest BCUT2D eigenvalue weighted by atomic mass is 32.2. The van der Waals surface area contributed by atoms with Gasteiger partial charge in [0.15, 0.2) is 5.03 Å². The molecule has 108 valence electrons. The van der Waals surface area contributed by atoms with E-state index in [1.54, 1.807) is 11.2 Å². The third-order valence-electron chi connectivity index (χ3n) is 3.43. The first-order chi connectivity index (χ1) is 9.05. The Hall–Kier alpha value is -0.920. The molecule has 0 amide bonds. The fraction of sp³-hybridized carbons (Fsp3) is 0.750. The summed E-state index contributed by atoms with van der Waals surface area (Å²) < 4.78 is 27.0. The first-order valence-corrected chi connectivity index (χ1v) is 8.24. The van der Waals surface area contributed by atoms with Crippen molar-refractivity contribution < 1.29 is 8.42 Å². The predicted octanol–water partition coefficient (Wildman–Crippen LogP) is 0.871. The molecule has 6 nitrogen and oxygen atoms in total. The van der Waals surface area contributed by atoms with Gasteiger partial charge < -0.3 is 10.3 Å². The molecule has 1 aromatic rings. The van der Waals surface area contributed by atoms with Crippen molar-refractivity contribution in [1.82, 2.24) is 19.6 Å². The van der Waals surface area contributed by atoms with E-state index in [9.17, 15) is 8.42 Å². The Labute approximate surface area is 114 Å². The van der Waals surface area contributed by atoms with Crippen molar-refractivity contribution in [3.8, 4) is 0 Å². The molecule has 0 atom stereocenters. The number of aryl methyl sites for hydroxylation is 1. The van der Waals surface area contributed by atoms with Gasteiger partial charge in [-0.05, 0) is 39.3 Å². The Balaban J connectivity index is 2.26. The number of aromatic amines is 1. The Bertz CT molecular complexity index is 506. The van der Waals surface area contributed by atoms with Crippen LogP contribution in [0.4, 0.5) is 0 Å². The van der Waals surface area contributed by atoms with E-state index < -0.39 is 10.0 Å². The van der Waals surface area contributed by atoms with Gasteiger partial charge in [-0.15, -0.1) is 0 Å². The molecule has 2 heterocycles. The smallest absolute Gasteiger partial charge is 0.260 e. The number of aromatic nitrogens is 2. The van der Waals surface area contributed by atoms with Crippen LogP contribution in [0.5, 0.6) is 0 Å². The molecule has 7 heteroatoms. The summed E-state index contributed by atoms with van der Waals surface area (Å²) in [4.78, 5) is 6.83. The summed E-state index contributed by atoms with van der Waals surface area (Å²) in [5, 5.41) is 3.47. The van der Waals surface area contributed by atoms with E-state index in [-0.39, 0.29) is 11.1 Å². The lowest BCUT2D eigenvalue weighted by Crippen LogP contribution is -2.46. The molecule has 1 aliphatic rings. The van der Waals surface area contributed by atoms with Crippen LogP contribution in [0.2, 0.25) is 0 Å². The van der Waals surface area contributed by atoms with Crippen molar-refractivity contribution >= 4 is 10.0 Å². The monoisotopic (exact) mass is 286 g/mol. The molecule has 0 unspecified atom stereocenters. The molecule has 1 aliphatic heterocycles. The number of rotatable bonds is 5. The average Bonchev–Trinajstić information content (AvgIpc) is 2.84. The summed E-state index contributed by atoms with van der Waals surface area (Å²) >= 11 is 0. The van der Waals surface area contributed by atoms with E-state index in [0.29, 0.717) is 12.4 Å². The molecule has 1 saturated heterocycles. The normalized spacial score (nSPS) is 18.1. The molecule has 2 N–H and O–H groups in total. The minimum atomic E-state index is -3.45. The fourth-order valence-electron chi connectivity index (χ4n) is 2.47. The fourth-order valence-corrected chi connectivity index (χ4v) is 4.21. The SMILES string of the molecule is CCCN(C1CCNCC1)S(=O)(=O)c1cnc(C)[nH]1. The lowest BCUT2D eigenvalue weighted by Gasteiger charge is -2.33. The number of piperidine rings is 1. The molecule has 0 saturated carbocycles. The zero-order chi connectivity index (χ0) is 13.9. The van der Waals surface area contributed by atoms with E-state index in [1.807, 2.05) is 6.92 Å². The van der Waals surface area contributed by atoms with E-state index in [4.69, 9.17) is 0 Å². The highest BCUT2D eigenvalue weighted by Gasteiger charge is 2.32. The summed E-state index contributed by atoms with van der Waals surface area (Å²) in [6, 6.07) is 0.0924. The highest BCUT2D eigenvalue weighted by Crippen LogP contribution is 2.21. The Morgan fingerprint density at radius 2 is 2.11 bits per heavy atom. The number of sulfonamides is 1. The van der Waals surface area contributed by atoms with Crippen LogP contribution in [0.1, 0.15) is 32.0 Å². The molecule has 19 heavy (non-hydrogen) atoms. The van der Waals surface area contributed by atoms with Gasteiger partial charge in [0.2, 0.25) is 0 Å². The van der Waals surface area contributed by atoms with Crippen molar-refractivity contribution in [2.24, 2.45) is 0 Å². The van der Waals surface area contributed by atoms with Crippen molar-refractivity contribution in [1.29, 1.82) is 0 Å². The van der Waals surface area contributed by atoms with E-state index in [1.165, 1.54) is 6.20 Å². The number of nitrogens with one attached hydrogen (secondary N) is 2. The molecular formula is C12H22N4O2S. The Morgan fingerprint density at radius 1 is 1.42 bits per heavy atom. The van der Waals surface area contributed by atoms with Crippen LogP contribution in [0, 0.1) is 6.92 Å². The van der Waals surface area contributed by atoms with Gasteiger partial charge in [0, 0.05) is 12.6 Å². The molecule has 2 rings (SSSR count). The topological polar surface area (TPSA) is 78.1 Å². The van der Waals surface area contributed by atoms with Gasteiger partial charge >= 0.3 is 0 Å². The summed E-state index contributed by atoms with van der Waals surface area (Å²) in [6.45, 7) is 6.07. The van der Waals surface area contributed by atoms with Gasteiger partial charge in [0.25, 0.3) is 10.0 Å². The summed E-state index contributed by atoms with van der Waals surface area (Å²) in [6.07, 6.45) is 3.96. The van der Waals surface area contributed by atoms with Gasteiger partial charge in [-0.2, -0.15) is 4.31 Å². The molecule has 0 radical (unpaired) electrons. The van der Waals surface area contributed by atoms with Crippen molar-refractivity contribution in [3.63, 3.8) is 0 Å². The maximum atomic E-state index is 12.7. The quantitative estimate of drug-likeness (QED) is 0.842. The van der Waals surface area contributed by atoms with Gasteiger partial charge in [-0.25, -0.2) is 13.4 Å². The van der Waals surface area contributed by atoms with Gasteiger partial charge in [-0.3, -0.25) is 0 Å². The largest absolute Gasteiger partial charge is 0.332 e. The lowest BCUT2D eigenvalue weighted by atomic mass is 10.1. The van der Waals surface area contributed by atoms with Gasteiger partial charge in [0.1, 0.15) is 5.82 Å². The number of H-pyrrole nitrogens is 1. The van der Waals surface area contributed by atoms with Crippen LogP contribution in [0.3, 0.4) is 0 Å². The van der Waals surface area contributed by atoms with Crippen LogP contribution >= 0.6 is 0 Å². The summed E-state index contributed by atoms with van der Waals surface area (Å²) in [5.74, 6) is 0.625. The molecular weight excluding hydrogens is 264 g/mol. The van der Waals surface area contributed by atoms with E-state index in [0.717, 1.165) is 32.4 Å². The van der Waals surface area contributed by atoms with Gasteiger partial charge in [0.05, 0.1) is 6.20 Å². The molecule has 1 fully saturated rings. The maximum Gasteiger partial charge on any atom is 0.260 e. The standard InChI is InChI=1S/C12H22N4O2S/c1-3-8-16(11-4-6-13-7-5-11)19(17,18)12-9-14-10(2)15-12/h9,11,13H,3-8H2,1-2H3,(H,14,15). The Kier molecular flexibility index (Phi) is 4.59. The van der Waals surface area contributed by atoms with Crippen LogP contribution in [-0.4, -0.2) is 48.4 Å². The average molecular weight is 286 g/mol. The van der Waals surface area contributed by atoms with E-state index >= 15 is 0 Å². The number of hydrogen-bond acceptors (Lipinski definition) is 4. The lowest BCUT2D eigenvalue weighted by molar-refractivity contribution is 0.261. The third-order valence-corrected chi connectivity index (χ3v) is 5.29. The zero-order valence-corrected chi connectivity index (χ0v) is 12.3. The van der Waals surface area contributed by atoms with Crippen molar-refractivity contribution in [3.05, 3.63) is 12.0 Å². The molecule has 1 aromatic heterocycles. The van der Waals surface area contributed by atoms with Crippen LogP contribution in [0.15, 0.2) is 11.2 Å². The number of hydrogen-bond donors (Lipinski definition) is 2. The first kappa shape index (κ1) is 14.5. The first-order valence-electron chi connectivity index (χ1n) is 6.80. The Morgan fingerprint density at radius 3 is 2.63 bits per heavy atom. The minimum Gasteiger partial charge on any atom is -0.332 e. The van der Waals surface area contributed by atoms with Crippen molar-refractivity contribution in [2.45, 2.75) is 44.2 Å². The molecule has 0 bridgehead atoms. The van der Waals surface area contributed by atoms with Gasteiger partial charge in [-0.1, -0.05) is 6.92 Å². The third kappa shape index (κ3) is 3.16. The summed E-state index contributed by atoms with van der Waals surface area (Å²) in [7, 11) is -3.45. The van der Waals surface area contributed by atoms with Crippen LogP contribution < -0.4 is 5.32 Å². The second kappa shape index (κ2) is 6.02. The highest BCUT2D eigenvalue weighted by molar-refractivity contribution is 7.89.